The molecule has 5 heteroatoms. The summed E-state index contributed by atoms with van der Waals surface area (Å²) in [5.74, 6) is 0.530. The first-order valence-electron chi connectivity index (χ1n) is 4.67. The minimum Gasteiger partial charge on any atom is -0.384 e. The molecule has 0 aromatic carbocycles. The van der Waals surface area contributed by atoms with E-state index in [1.165, 1.54) is 0 Å². The van der Waals surface area contributed by atoms with Gasteiger partial charge in [-0.1, -0.05) is 0 Å². The van der Waals surface area contributed by atoms with Crippen molar-refractivity contribution in [2.75, 3.05) is 11.1 Å². The van der Waals surface area contributed by atoms with Crippen LogP contribution in [0.5, 0.6) is 0 Å². The molecule has 15 heavy (non-hydrogen) atoms. The molecule has 2 heterocycles. The van der Waals surface area contributed by atoms with Crippen LogP contribution >= 0.6 is 0 Å². The Labute approximate surface area is 87.9 Å². The van der Waals surface area contributed by atoms with Crippen LogP contribution in [-0.2, 0) is 13.6 Å². The maximum atomic E-state index is 5.49. The minimum atomic E-state index is 0.530. The molecule has 0 bridgehead atoms. The van der Waals surface area contributed by atoms with Crippen LogP contribution in [0.25, 0.3) is 0 Å². The van der Waals surface area contributed by atoms with E-state index in [1.54, 1.807) is 16.9 Å². The molecule has 5 nitrogen and oxygen atoms in total. The van der Waals surface area contributed by atoms with Crippen LogP contribution in [0.4, 0.5) is 11.5 Å². The number of nitrogen functional groups attached to an aromatic ring is 1. The fourth-order valence-electron chi connectivity index (χ4n) is 1.28. The zero-order chi connectivity index (χ0) is 10.7. The molecule has 2 rings (SSSR count). The number of anilines is 2. The van der Waals surface area contributed by atoms with Crippen molar-refractivity contribution in [2.45, 2.75) is 6.54 Å². The van der Waals surface area contributed by atoms with Gasteiger partial charge in [-0.05, 0) is 12.1 Å². The van der Waals surface area contributed by atoms with Crippen LogP contribution in [0.2, 0.25) is 0 Å². The monoisotopic (exact) mass is 203 g/mol. The van der Waals surface area contributed by atoms with Gasteiger partial charge >= 0.3 is 0 Å². The predicted molar refractivity (Wildman–Crippen MR) is 59.2 cm³/mol. The van der Waals surface area contributed by atoms with E-state index < -0.39 is 0 Å². The molecule has 0 radical (unpaired) electrons. The molecule has 0 spiro atoms. The molecule has 0 fully saturated rings. The fourth-order valence-corrected chi connectivity index (χ4v) is 1.28. The van der Waals surface area contributed by atoms with Crippen LogP contribution in [0, 0.1) is 0 Å². The Bertz CT molecular complexity index is 431. The maximum absolute atomic E-state index is 5.49. The van der Waals surface area contributed by atoms with Gasteiger partial charge in [0.1, 0.15) is 5.82 Å². The second kappa shape index (κ2) is 4.00. The smallest absolute Gasteiger partial charge is 0.123 e. The molecule has 0 saturated carbocycles. The highest BCUT2D eigenvalue weighted by Gasteiger charge is 1.96. The van der Waals surface area contributed by atoms with Gasteiger partial charge in [-0.3, -0.25) is 4.68 Å². The number of rotatable bonds is 3. The lowest BCUT2D eigenvalue weighted by Crippen LogP contribution is -1.99. The molecular formula is C10H13N5. The van der Waals surface area contributed by atoms with Gasteiger partial charge in [-0.2, -0.15) is 5.10 Å². The Morgan fingerprint density at radius 2 is 2.27 bits per heavy atom. The third kappa shape index (κ3) is 2.46. The van der Waals surface area contributed by atoms with Gasteiger partial charge in [-0.25, -0.2) is 4.98 Å². The third-order valence-corrected chi connectivity index (χ3v) is 2.04. The molecule has 2 aromatic rings. The number of nitrogens with two attached hydrogens (primary N) is 1. The van der Waals surface area contributed by atoms with Gasteiger partial charge in [0.15, 0.2) is 0 Å². The Hall–Kier alpha value is -2.04. The van der Waals surface area contributed by atoms with Crippen molar-refractivity contribution in [3.8, 4) is 0 Å². The SMILES string of the molecule is Cn1cc(CNc2ccc(N)nc2)cn1. The third-order valence-electron chi connectivity index (χ3n) is 2.04. The molecule has 0 amide bonds. The molecule has 0 aliphatic rings. The minimum absolute atomic E-state index is 0.530. The van der Waals surface area contributed by atoms with Gasteiger partial charge in [0.25, 0.3) is 0 Å². The van der Waals surface area contributed by atoms with Crippen LogP contribution in [0.1, 0.15) is 5.56 Å². The molecule has 0 atom stereocenters. The molecule has 3 N–H and O–H groups in total. The van der Waals surface area contributed by atoms with Crippen LogP contribution in [-0.4, -0.2) is 14.8 Å². The summed E-state index contributed by atoms with van der Waals surface area (Å²) in [7, 11) is 1.90. The van der Waals surface area contributed by atoms with Crippen molar-refractivity contribution >= 4 is 11.5 Å². The summed E-state index contributed by atoms with van der Waals surface area (Å²) in [5.41, 5.74) is 7.57. The molecule has 0 aliphatic carbocycles. The summed E-state index contributed by atoms with van der Waals surface area (Å²) in [4.78, 5) is 3.99. The molecular weight excluding hydrogens is 190 g/mol. The number of nitrogens with one attached hydrogen (secondary N) is 1. The summed E-state index contributed by atoms with van der Waals surface area (Å²) in [6, 6.07) is 3.67. The van der Waals surface area contributed by atoms with Crippen molar-refractivity contribution in [1.29, 1.82) is 0 Å². The van der Waals surface area contributed by atoms with E-state index >= 15 is 0 Å². The Morgan fingerprint density at radius 1 is 1.40 bits per heavy atom. The summed E-state index contributed by atoms with van der Waals surface area (Å²) in [6.07, 6.45) is 5.52. The van der Waals surface area contributed by atoms with Gasteiger partial charge in [0, 0.05) is 25.4 Å². The number of aryl methyl sites for hydroxylation is 1. The largest absolute Gasteiger partial charge is 0.384 e. The summed E-state index contributed by atoms with van der Waals surface area (Å²) >= 11 is 0. The van der Waals surface area contributed by atoms with E-state index in [2.05, 4.69) is 15.4 Å². The lowest BCUT2D eigenvalue weighted by Gasteiger charge is -2.03. The average Bonchev–Trinajstić information content (AvgIpc) is 2.64. The Kier molecular flexibility index (Phi) is 2.53. The van der Waals surface area contributed by atoms with Crippen LogP contribution in [0.15, 0.2) is 30.7 Å². The van der Waals surface area contributed by atoms with Crippen molar-refractivity contribution in [1.82, 2.24) is 14.8 Å². The molecule has 0 unspecified atom stereocenters. The number of hydrogen-bond acceptors (Lipinski definition) is 4. The van der Waals surface area contributed by atoms with E-state index in [4.69, 9.17) is 5.73 Å². The Balaban J connectivity index is 1.96. The standard InChI is InChI=1S/C10H13N5/c1-15-7-8(5-14-15)4-12-9-2-3-10(11)13-6-9/h2-3,5-7,12H,4H2,1H3,(H2,11,13). The second-order valence-corrected chi connectivity index (χ2v) is 3.35. The van der Waals surface area contributed by atoms with Gasteiger partial charge < -0.3 is 11.1 Å². The topological polar surface area (TPSA) is 68.8 Å². The molecule has 0 saturated heterocycles. The van der Waals surface area contributed by atoms with Gasteiger partial charge in [0.2, 0.25) is 0 Å². The van der Waals surface area contributed by atoms with Crippen molar-refractivity contribution in [2.24, 2.45) is 7.05 Å². The lowest BCUT2D eigenvalue weighted by atomic mass is 10.3. The predicted octanol–water partition coefficient (Wildman–Crippen LogP) is 1.01. The summed E-state index contributed by atoms with van der Waals surface area (Å²) in [5, 5.41) is 7.31. The summed E-state index contributed by atoms with van der Waals surface area (Å²) in [6.45, 7) is 0.736. The zero-order valence-electron chi connectivity index (χ0n) is 8.51. The van der Waals surface area contributed by atoms with Gasteiger partial charge in [0.05, 0.1) is 18.1 Å². The quantitative estimate of drug-likeness (QED) is 0.781. The van der Waals surface area contributed by atoms with Crippen molar-refractivity contribution < 1.29 is 0 Å². The van der Waals surface area contributed by atoms with E-state index in [0.29, 0.717) is 5.82 Å². The van der Waals surface area contributed by atoms with E-state index in [-0.39, 0.29) is 0 Å². The van der Waals surface area contributed by atoms with E-state index in [0.717, 1.165) is 17.8 Å². The van der Waals surface area contributed by atoms with Crippen molar-refractivity contribution in [3.63, 3.8) is 0 Å². The lowest BCUT2D eigenvalue weighted by molar-refractivity contribution is 0.767. The highest BCUT2D eigenvalue weighted by Crippen LogP contribution is 2.08. The number of nitrogens with zero attached hydrogens (tertiary/aromatic N) is 3. The number of pyridine rings is 1. The normalized spacial score (nSPS) is 10.2. The first-order valence-corrected chi connectivity index (χ1v) is 4.67. The van der Waals surface area contributed by atoms with Crippen LogP contribution < -0.4 is 11.1 Å². The van der Waals surface area contributed by atoms with Crippen molar-refractivity contribution in [3.05, 3.63) is 36.3 Å². The molecule has 78 valence electrons. The van der Waals surface area contributed by atoms with Crippen LogP contribution in [0.3, 0.4) is 0 Å². The fraction of sp³-hybridized carbons (Fsp3) is 0.200. The molecule has 0 aliphatic heterocycles. The second-order valence-electron chi connectivity index (χ2n) is 3.35. The zero-order valence-corrected chi connectivity index (χ0v) is 8.51. The Morgan fingerprint density at radius 3 is 2.87 bits per heavy atom. The highest BCUT2D eigenvalue weighted by atomic mass is 15.2. The van der Waals surface area contributed by atoms with Gasteiger partial charge in [-0.15, -0.1) is 0 Å². The number of aromatic nitrogens is 3. The van der Waals surface area contributed by atoms with E-state index in [9.17, 15) is 0 Å². The first-order chi connectivity index (χ1) is 7.24. The first kappa shape index (κ1) is 9.51. The summed E-state index contributed by atoms with van der Waals surface area (Å²) < 4.78 is 1.78. The van der Waals surface area contributed by atoms with E-state index in [1.807, 2.05) is 25.5 Å². The maximum Gasteiger partial charge on any atom is 0.123 e. The number of hydrogen-bond donors (Lipinski definition) is 2. The highest BCUT2D eigenvalue weighted by molar-refractivity contribution is 5.45. The molecule has 2 aromatic heterocycles. The average molecular weight is 203 g/mol.